The monoisotopic (exact) mass is 181 g/mol. The Morgan fingerprint density at radius 1 is 1.46 bits per heavy atom. The topological polar surface area (TPSA) is 68.9 Å². The molecule has 0 aliphatic rings. The number of hydrogen-bond donors (Lipinski definition) is 0. The van der Waals surface area contributed by atoms with Crippen molar-refractivity contribution >= 4 is 5.82 Å². The highest BCUT2D eigenvalue weighted by atomic mass is 16.6. The van der Waals surface area contributed by atoms with Crippen molar-refractivity contribution in [2.24, 2.45) is 0 Å². The van der Waals surface area contributed by atoms with Crippen LogP contribution in [0, 0.1) is 10.1 Å². The van der Waals surface area contributed by atoms with Crippen LogP contribution in [0.3, 0.4) is 0 Å². The Hall–Kier alpha value is -1.52. The van der Waals surface area contributed by atoms with Gasteiger partial charge < -0.3 is 10.1 Å². The van der Waals surface area contributed by atoms with E-state index in [-0.39, 0.29) is 11.2 Å². The molecule has 0 aromatic carbocycles. The first-order valence-electron chi connectivity index (χ1n) is 3.89. The van der Waals surface area contributed by atoms with E-state index in [1.54, 1.807) is 6.20 Å². The highest BCUT2D eigenvalue weighted by molar-refractivity contribution is 5.27. The van der Waals surface area contributed by atoms with Gasteiger partial charge in [0.2, 0.25) is 0 Å². The number of rotatable bonds is 1. The van der Waals surface area contributed by atoms with Crippen molar-refractivity contribution in [3.63, 3.8) is 0 Å². The fourth-order valence-corrected chi connectivity index (χ4v) is 0.855. The minimum absolute atomic E-state index is 0.138. The maximum Gasteiger partial charge on any atom is 0.390 e. The lowest BCUT2D eigenvalue weighted by molar-refractivity contribution is -0.390. The van der Waals surface area contributed by atoms with E-state index >= 15 is 0 Å². The van der Waals surface area contributed by atoms with Crippen LogP contribution in [0.2, 0.25) is 0 Å². The first kappa shape index (κ1) is 9.57. The van der Waals surface area contributed by atoms with E-state index < -0.39 is 4.92 Å². The van der Waals surface area contributed by atoms with Crippen molar-refractivity contribution < 1.29 is 4.92 Å². The van der Waals surface area contributed by atoms with Crippen LogP contribution < -0.4 is 0 Å². The quantitative estimate of drug-likeness (QED) is 0.488. The molecule has 1 rings (SSSR count). The van der Waals surface area contributed by atoms with Gasteiger partial charge in [0.1, 0.15) is 0 Å². The predicted octanol–water partition coefficient (Wildman–Crippen LogP) is 1.68. The Labute approximate surface area is 76.0 Å². The van der Waals surface area contributed by atoms with Crippen molar-refractivity contribution in [2.45, 2.75) is 26.2 Å². The Morgan fingerprint density at radius 3 is 2.54 bits per heavy atom. The Balaban J connectivity index is 3.13. The van der Waals surface area contributed by atoms with Gasteiger partial charge >= 0.3 is 5.82 Å². The van der Waals surface area contributed by atoms with E-state index in [9.17, 15) is 10.1 Å². The first-order chi connectivity index (χ1) is 5.91. The molecule has 5 nitrogen and oxygen atoms in total. The molecule has 0 unspecified atom stereocenters. The third kappa shape index (κ3) is 2.21. The summed E-state index contributed by atoms with van der Waals surface area (Å²) in [6.45, 7) is 5.90. The van der Waals surface area contributed by atoms with Crippen LogP contribution in [0.5, 0.6) is 0 Å². The van der Waals surface area contributed by atoms with Gasteiger partial charge in [-0.25, -0.2) is 0 Å². The summed E-state index contributed by atoms with van der Waals surface area (Å²) in [5.74, 6) is -0.201. The highest BCUT2D eigenvalue weighted by Gasteiger charge is 2.18. The SMILES string of the molecule is CC(C)(C)c1cnnc([N+](=O)[O-])c1. The molecule has 1 aromatic heterocycles. The maximum atomic E-state index is 10.4. The molecule has 1 aromatic rings. The summed E-state index contributed by atoms with van der Waals surface area (Å²) in [7, 11) is 0. The Morgan fingerprint density at radius 2 is 2.08 bits per heavy atom. The van der Waals surface area contributed by atoms with E-state index in [1.807, 2.05) is 20.8 Å². The number of aromatic nitrogens is 2. The summed E-state index contributed by atoms with van der Waals surface area (Å²) in [6, 6.07) is 1.45. The molecular weight excluding hydrogens is 170 g/mol. The molecule has 0 amide bonds. The molecular formula is C8H11N3O2. The van der Waals surface area contributed by atoms with Gasteiger partial charge in [-0.1, -0.05) is 20.8 Å². The fraction of sp³-hybridized carbons (Fsp3) is 0.500. The lowest BCUT2D eigenvalue weighted by atomic mass is 9.89. The van der Waals surface area contributed by atoms with E-state index in [2.05, 4.69) is 10.2 Å². The van der Waals surface area contributed by atoms with Crippen molar-refractivity contribution in [1.29, 1.82) is 0 Å². The summed E-state index contributed by atoms with van der Waals surface area (Å²) < 4.78 is 0. The van der Waals surface area contributed by atoms with Crippen molar-refractivity contribution in [2.75, 3.05) is 0 Å². The number of nitrogens with zero attached hydrogens (tertiary/aromatic N) is 3. The van der Waals surface area contributed by atoms with Crippen LogP contribution >= 0.6 is 0 Å². The lowest BCUT2D eigenvalue weighted by Crippen LogP contribution is -2.12. The second-order valence-corrected chi connectivity index (χ2v) is 3.81. The molecule has 0 fully saturated rings. The molecule has 70 valence electrons. The van der Waals surface area contributed by atoms with Crippen molar-refractivity contribution in [3.05, 3.63) is 27.9 Å². The second-order valence-electron chi connectivity index (χ2n) is 3.81. The molecule has 0 N–H and O–H groups in total. The summed E-state index contributed by atoms with van der Waals surface area (Å²) in [5.41, 5.74) is 0.676. The van der Waals surface area contributed by atoms with Crippen LogP contribution in [0.25, 0.3) is 0 Å². The molecule has 1 heterocycles. The molecule has 5 heteroatoms. The number of hydrogen-bond acceptors (Lipinski definition) is 4. The molecule has 0 atom stereocenters. The average Bonchev–Trinajstić information content (AvgIpc) is 2.03. The fourth-order valence-electron chi connectivity index (χ4n) is 0.855. The van der Waals surface area contributed by atoms with Gasteiger partial charge in [-0.05, 0) is 21.0 Å². The Bertz CT molecular complexity index is 330. The normalized spacial score (nSPS) is 11.3. The molecule has 0 saturated carbocycles. The third-order valence-corrected chi connectivity index (χ3v) is 1.69. The molecule has 0 saturated heterocycles. The molecule has 13 heavy (non-hydrogen) atoms. The van der Waals surface area contributed by atoms with Gasteiger partial charge in [0.05, 0.1) is 11.3 Å². The van der Waals surface area contributed by atoms with Crippen molar-refractivity contribution in [3.8, 4) is 0 Å². The minimum atomic E-state index is -0.539. The largest absolute Gasteiger partial charge is 0.390 e. The van der Waals surface area contributed by atoms with Crippen LogP contribution in [-0.4, -0.2) is 15.1 Å². The summed E-state index contributed by atoms with van der Waals surface area (Å²) in [5, 5.41) is 17.4. The van der Waals surface area contributed by atoms with Gasteiger partial charge in [0.25, 0.3) is 0 Å². The maximum absolute atomic E-state index is 10.4. The minimum Gasteiger partial charge on any atom is -0.358 e. The summed E-state index contributed by atoms with van der Waals surface area (Å²) >= 11 is 0. The molecule has 0 spiro atoms. The van der Waals surface area contributed by atoms with Crippen LogP contribution in [0.4, 0.5) is 5.82 Å². The Kier molecular flexibility index (Phi) is 2.27. The van der Waals surface area contributed by atoms with Gasteiger partial charge in [0.15, 0.2) is 0 Å². The van der Waals surface area contributed by atoms with E-state index in [0.717, 1.165) is 5.56 Å². The van der Waals surface area contributed by atoms with Gasteiger partial charge in [-0.2, -0.15) is 0 Å². The van der Waals surface area contributed by atoms with Crippen LogP contribution in [-0.2, 0) is 5.41 Å². The number of nitro groups is 1. The molecule has 0 radical (unpaired) electrons. The average molecular weight is 181 g/mol. The third-order valence-electron chi connectivity index (χ3n) is 1.69. The van der Waals surface area contributed by atoms with E-state index in [1.165, 1.54) is 6.07 Å². The van der Waals surface area contributed by atoms with E-state index in [0.29, 0.717) is 0 Å². The molecule has 0 aliphatic heterocycles. The van der Waals surface area contributed by atoms with Crippen LogP contribution in [0.1, 0.15) is 26.3 Å². The molecule has 0 bridgehead atoms. The summed E-state index contributed by atoms with van der Waals surface area (Å²) in [6.07, 6.45) is 1.55. The zero-order valence-corrected chi connectivity index (χ0v) is 7.81. The second kappa shape index (κ2) is 3.08. The van der Waals surface area contributed by atoms with Crippen LogP contribution in [0.15, 0.2) is 12.3 Å². The summed E-state index contributed by atoms with van der Waals surface area (Å²) in [4.78, 5) is 9.84. The zero-order chi connectivity index (χ0) is 10.1. The zero-order valence-electron chi connectivity index (χ0n) is 7.81. The van der Waals surface area contributed by atoms with E-state index in [4.69, 9.17) is 0 Å². The van der Waals surface area contributed by atoms with Crippen molar-refractivity contribution in [1.82, 2.24) is 10.2 Å². The van der Waals surface area contributed by atoms with Gasteiger partial charge in [-0.15, -0.1) is 0 Å². The first-order valence-corrected chi connectivity index (χ1v) is 3.89. The lowest BCUT2D eigenvalue weighted by Gasteiger charge is -2.16. The predicted molar refractivity (Wildman–Crippen MR) is 47.4 cm³/mol. The highest BCUT2D eigenvalue weighted by Crippen LogP contribution is 2.22. The molecule has 0 aliphatic carbocycles. The smallest absolute Gasteiger partial charge is 0.358 e. The standard InChI is InChI=1S/C8H11N3O2/c1-8(2,3)6-4-7(11(12)13)10-9-5-6/h4-5H,1-3H3. The van der Waals surface area contributed by atoms with Gasteiger partial charge in [-0.3, -0.25) is 0 Å². The van der Waals surface area contributed by atoms with Gasteiger partial charge in [0, 0.05) is 6.07 Å².